The van der Waals surface area contributed by atoms with Crippen molar-refractivity contribution in [3.8, 4) is 0 Å². The number of hydrogen-bond acceptors (Lipinski definition) is 1. The third-order valence-electron chi connectivity index (χ3n) is 1.57. The van der Waals surface area contributed by atoms with Crippen LogP contribution in [0.25, 0.3) is 0 Å². The van der Waals surface area contributed by atoms with Gasteiger partial charge in [-0.1, -0.05) is 27.5 Å². The molecule has 84 valence electrons. The number of benzene rings is 1. The van der Waals surface area contributed by atoms with Gasteiger partial charge in [-0.05, 0) is 24.3 Å². The van der Waals surface area contributed by atoms with Gasteiger partial charge in [0, 0.05) is 15.7 Å². The van der Waals surface area contributed by atoms with Crippen molar-refractivity contribution in [2.24, 2.45) is 0 Å². The molecular formula is C9H7BrClF3S. The Labute approximate surface area is 103 Å². The maximum Gasteiger partial charge on any atom is 0.402 e. The Morgan fingerprint density at radius 2 is 1.80 bits per heavy atom. The van der Waals surface area contributed by atoms with Crippen LogP contribution in [0.5, 0.6) is 0 Å². The molecule has 0 radical (unpaired) electrons. The van der Waals surface area contributed by atoms with Crippen molar-refractivity contribution in [2.75, 3.05) is 5.75 Å². The zero-order chi connectivity index (χ0) is 11.5. The SMILES string of the molecule is FC(F)(F)C(Br)CSc1ccc(Cl)cc1. The molecule has 0 aromatic heterocycles. The normalized spacial score (nSPS) is 13.9. The van der Waals surface area contributed by atoms with Crippen LogP contribution in [0.15, 0.2) is 29.2 Å². The fourth-order valence-electron chi connectivity index (χ4n) is 0.795. The first kappa shape index (κ1) is 13.2. The molecule has 6 heteroatoms. The van der Waals surface area contributed by atoms with Gasteiger partial charge >= 0.3 is 6.18 Å². The smallest absolute Gasteiger partial charge is 0.170 e. The van der Waals surface area contributed by atoms with Crippen LogP contribution in [0.4, 0.5) is 13.2 Å². The monoisotopic (exact) mass is 318 g/mol. The van der Waals surface area contributed by atoms with Gasteiger partial charge < -0.3 is 0 Å². The largest absolute Gasteiger partial charge is 0.402 e. The molecule has 0 saturated heterocycles. The molecular weight excluding hydrogens is 313 g/mol. The Morgan fingerprint density at radius 1 is 1.27 bits per heavy atom. The van der Waals surface area contributed by atoms with Crippen molar-refractivity contribution in [3.63, 3.8) is 0 Å². The maximum atomic E-state index is 12.1. The minimum absolute atomic E-state index is 0.0505. The van der Waals surface area contributed by atoms with E-state index in [1.807, 2.05) is 0 Å². The van der Waals surface area contributed by atoms with E-state index in [1.165, 1.54) is 0 Å². The molecule has 0 aliphatic carbocycles. The van der Waals surface area contributed by atoms with E-state index in [1.54, 1.807) is 24.3 Å². The summed E-state index contributed by atoms with van der Waals surface area (Å²) in [6.45, 7) is 0. The van der Waals surface area contributed by atoms with E-state index in [0.717, 1.165) is 16.7 Å². The second kappa shape index (κ2) is 5.46. The summed E-state index contributed by atoms with van der Waals surface area (Å²) in [5.74, 6) is -0.0505. The first-order valence-corrected chi connectivity index (χ1v) is 6.26. The van der Waals surface area contributed by atoms with E-state index in [-0.39, 0.29) is 5.75 Å². The predicted molar refractivity (Wildman–Crippen MR) is 60.9 cm³/mol. The first-order valence-electron chi connectivity index (χ1n) is 3.99. The summed E-state index contributed by atoms with van der Waals surface area (Å²) >= 11 is 9.39. The lowest BCUT2D eigenvalue weighted by molar-refractivity contribution is -0.122. The average molecular weight is 320 g/mol. The van der Waals surface area contributed by atoms with Gasteiger partial charge in [0.15, 0.2) is 0 Å². The number of hydrogen-bond donors (Lipinski definition) is 0. The van der Waals surface area contributed by atoms with Crippen molar-refractivity contribution >= 4 is 39.3 Å². The summed E-state index contributed by atoms with van der Waals surface area (Å²) in [4.78, 5) is -0.709. The molecule has 1 aromatic rings. The molecule has 1 rings (SSSR count). The van der Waals surface area contributed by atoms with E-state index in [0.29, 0.717) is 5.02 Å². The fraction of sp³-hybridized carbons (Fsp3) is 0.333. The minimum atomic E-state index is -4.20. The van der Waals surface area contributed by atoms with Crippen LogP contribution in [-0.4, -0.2) is 16.8 Å². The lowest BCUT2D eigenvalue weighted by Gasteiger charge is -2.13. The summed E-state index contributed by atoms with van der Waals surface area (Å²) in [6.07, 6.45) is -4.20. The van der Waals surface area contributed by atoms with Gasteiger partial charge in [-0.3, -0.25) is 0 Å². The molecule has 0 heterocycles. The van der Waals surface area contributed by atoms with Crippen LogP contribution in [0.2, 0.25) is 5.02 Å². The number of thioether (sulfide) groups is 1. The van der Waals surface area contributed by atoms with Gasteiger partial charge in [0.05, 0.1) is 0 Å². The molecule has 0 nitrogen and oxygen atoms in total. The van der Waals surface area contributed by atoms with Gasteiger partial charge in [-0.25, -0.2) is 0 Å². The molecule has 1 aromatic carbocycles. The summed E-state index contributed by atoms with van der Waals surface area (Å²) < 4.78 is 36.4. The van der Waals surface area contributed by atoms with Crippen LogP contribution < -0.4 is 0 Å². The Balaban J connectivity index is 2.47. The van der Waals surface area contributed by atoms with Crippen molar-refractivity contribution in [2.45, 2.75) is 15.9 Å². The number of alkyl halides is 4. The number of rotatable bonds is 3. The Bertz CT molecular complexity index is 312. The summed E-state index contributed by atoms with van der Waals surface area (Å²) in [5.41, 5.74) is 0. The van der Waals surface area contributed by atoms with E-state index < -0.39 is 11.0 Å². The number of halogens is 5. The molecule has 0 fully saturated rings. The molecule has 0 amide bonds. The highest BCUT2D eigenvalue weighted by molar-refractivity contribution is 9.09. The van der Waals surface area contributed by atoms with Gasteiger partial charge in [-0.2, -0.15) is 13.2 Å². The quantitative estimate of drug-likeness (QED) is 0.572. The summed E-state index contributed by atoms with van der Waals surface area (Å²) in [6, 6.07) is 6.70. The van der Waals surface area contributed by atoms with E-state index in [9.17, 15) is 13.2 Å². The standard InChI is InChI=1S/C9H7BrClF3S/c10-8(9(12,13)14)5-15-7-3-1-6(11)2-4-7/h1-4,8H,5H2. The molecule has 0 aliphatic rings. The second-order valence-corrected chi connectivity index (χ2v) is 5.41. The highest BCUT2D eigenvalue weighted by Crippen LogP contribution is 2.31. The van der Waals surface area contributed by atoms with Crippen LogP contribution in [0.3, 0.4) is 0 Å². The van der Waals surface area contributed by atoms with E-state index in [4.69, 9.17) is 11.6 Å². The van der Waals surface area contributed by atoms with E-state index in [2.05, 4.69) is 15.9 Å². The van der Waals surface area contributed by atoms with Gasteiger partial charge in [0.2, 0.25) is 0 Å². The third kappa shape index (κ3) is 4.66. The Morgan fingerprint density at radius 3 is 2.27 bits per heavy atom. The second-order valence-electron chi connectivity index (χ2n) is 2.77. The fourth-order valence-corrected chi connectivity index (χ4v) is 2.17. The summed E-state index contributed by atoms with van der Waals surface area (Å²) in [5, 5.41) is 0.575. The lowest BCUT2D eigenvalue weighted by Crippen LogP contribution is -2.24. The minimum Gasteiger partial charge on any atom is -0.170 e. The molecule has 0 bridgehead atoms. The lowest BCUT2D eigenvalue weighted by atomic mass is 10.4. The van der Waals surface area contributed by atoms with Crippen molar-refractivity contribution in [1.82, 2.24) is 0 Å². The zero-order valence-corrected chi connectivity index (χ0v) is 10.6. The Hall–Kier alpha value is 0.130. The van der Waals surface area contributed by atoms with Crippen molar-refractivity contribution < 1.29 is 13.2 Å². The molecule has 0 N–H and O–H groups in total. The average Bonchev–Trinajstić information content (AvgIpc) is 2.15. The highest BCUT2D eigenvalue weighted by atomic mass is 79.9. The molecule has 0 spiro atoms. The van der Waals surface area contributed by atoms with Crippen LogP contribution >= 0.6 is 39.3 Å². The summed E-state index contributed by atoms with van der Waals surface area (Å²) in [7, 11) is 0. The van der Waals surface area contributed by atoms with Crippen molar-refractivity contribution in [3.05, 3.63) is 29.3 Å². The highest BCUT2D eigenvalue weighted by Gasteiger charge is 2.37. The van der Waals surface area contributed by atoms with Crippen LogP contribution in [-0.2, 0) is 0 Å². The van der Waals surface area contributed by atoms with E-state index >= 15 is 0 Å². The predicted octanol–water partition coefficient (Wildman–Crippen LogP) is 4.76. The molecule has 0 saturated carbocycles. The van der Waals surface area contributed by atoms with Crippen LogP contribution in [0, 0.1) is 0 Å². The molecule has 1 atom stereocenters. The molecule has 1 unspecified atom stereocenters. The van der Waals surface area contributed by atoms with Crippen LogP contribution in [0.1, 0.15) is 0 Å². The maximum absolute atomic E-state index is 12.1. The van der Waals surface area contributed by atoms with Gasteiger partial charge in [0.25, 0.3) is 0 Å². The first-order chi connectivity index (χ1) is 6.89. The molecule has 0 aliphatic heterocycles. The molecule has 15 heavy (non-hydrogen) atoms. The van der Waals surface area contributed by atoms with Gasteiger partial charge in [0.1, 0.15) is 4.83 Å². The topological polar surface area (TPSA) is 0 Å². The van der Waals surface area contributed by atoms with Crippen molar-refractivity contribution in [1.29, 1.82) is 0 Å². The Kier molecular flexibility index (Phi) is 4.80. The van der Waals surface area contributed by atoms with Gasteiger partial charge in [-0.15, -0.1) is 11.8 Å². The third-order valence-corrected chi connectivity index (χ3v) is 4.19. The zero-order valence-electron chi connectivity index (χ0n) is 7.39.